The Balaban J connectivity index is 1.75. The lowest BCUT2D eigenvalue weighted by molar-refractivity contribution is -0.134. The first kappa shape index (κ1) is 17.5. The quantitative estimate of drug-likeness (QED) is 0.619. The highest BCUT2D eigenvalue weighted by Gasteiger charge is 2.24. The minimum absolute atomic E-state index is 0.0172. The number of hydrogen-bond acceptors (Lipinski definition) is 4. The van der Waals surface area contributed by atoms with Crippen LogP contribution >= 0.6 is 0 Å². The van der Waals surface area contributed by atoms with Gasteiger partial charge in [-0.05, 0) is 44.7 Å². The van der Waals surface area contributed by atoms with Gasteiger partial charge in [0.2, 0.25) is 5.91 Å². The van der Waals surface area contributed by atoms with Gasteiger partial charge in [-0.25, -0.2) is 0 Å². The van der Waals surface area contributed by atoms with Gasteiger partial charge in [0.15, 0.2) is 5.78 Å². The second-order valence-electron chi connectivity index (χ2n) is 6.01. The molecule has 1 atom stereocenters. The molecule has 1 aromatic carbocycles. The van der Waals surface area contributed by atoms with Gasteiger partial charge in [-0.2, -0.15) is 0 Å². The number of nitrogens with two attached hydrogens (primary N) is 1. The molecular formula is C18H26N2O3. The van der Waals surface area contributed by atoms with Crippen LogP contribution in [0.2, 0.25) is 0 Å². The summed E-state index contributed by atoms with van der Waals surface area (Å²) in [7, 11) is 0. The number of nitrogens with zero attached hydrogens (tertiary/aromatic N) is 1. The maximum atomic E-state index is 12.3. The highest BCUT2D eigenvalue weighted by molar-refractivity contribution is 5.94. The summed E-state index contributed by atoms with van der Waals surface area (Å²) in [6, 6.07) is 7.32. The topological polar surface area (TPSA) is 72.6 Å². The highest BCUT2D eigenvalue weighted by Crippen LogP contribution is 2.18. The lowest BCUT2D eigenvalue weighted by Crippen LogP contribution is -2.47. The largest absolute Gasteiger partial charge is 0.494 e. The third-order valence-electron chi connectivity index (χ3n) is 4.26. The van der Waals surface area contributed by atoms with Crippen LogP contribution < -0.4 is 10.5 Å². The van der Waals surface area contributed by atoms with Gasteiger partial charge < -0.3 is 15.4 Å². The monoisotopic (exact) mass is 318 g/mol. The maximum Gasteiger partial charge on any atom is 0.222 e. The molecule has 0 saturated carbocycles. The van der Waals surface area contributed by atoms with E-state index in [1.807, 2.05) is 11.0 Å². The fraction of sp³-hybridized carbons (Fsp3) is 0.556. The molecule has 23 heavy (non-hydrogen) atoms. The summed E-state index contributed by atoms with van der Waals surface area (Å²) in [4.78, 5) is 25.6. The van der Waals surface area contributed by atoms with E-state index in [-0.39, 0.29) is 17.7 Å². The van der Waals surface area contributed by atoms with Crippen LogP contribution in [0.5, 0.6) is 5.75 Å². The molecule has 1 saturated heterocycles. The summed E-state index contributed by atoms with van der Waals surface area (Å²) in [5.74, 6) is 0.854. The van der Waals surface area contributed by atoms with Crippen molar-refractivity contribution in [1.29, 1.82) is 0 Å². The predicted octanol–water partition coefficient (Wildman–Crippen LogP) is 2.39. The maximum absolute atomic E-state index is 12.3. The molecule has 1 heterocycles. The van der Waals surface area contributed by atoms with E-state index in [2.05, 4.69) is 0 Å². The van der Waals surface area contributed by atoms with Gasteiger partial charge >= 0.3 is 0 Å². The number of piperidine rings is 1. The van der Waals surface area contributed by atoms with Crippen molar-refractivity contribution in [2.45, 2.75) is 45.1 Å². The van der Waals surface area contributed by atoms with E-state index in [1.54, 1.807) is 18.2 Å². The predicted molar refractivity (Wildman–Crippen MR) is 89.6 cm³/mol. The number of carbonyl (C=O) groups excluding carboxylic acids is 2. The molecule has 1 aliphatic heterocycles. The Morgan fingerprint density at radius 1 is 1.35 bits per heavy atom. The number of likely N-dealkylation sites (tertiary alicyclic amines) is 1. The van der Waals surface area contributed by atoms with E-state index in [4.69, 9.17) is 10.5 Å². The summed E-state index contributed by atoms with van der Waals surface area (Å²) in [5, 5.41) is 0. The van der Waals surface area contributed by atoms with Gasteiger partial charge in [-0.3, -0.25) is 9.59 Å². The summed E-state index contributed by atoms with van der Waals surface area (Å²) < 4.78 is 5.64. The first-order valence-corrected chi connectivity index (χ1v) is 8.35. The van der Waals surface area contributed by atoms with Crippen LogP contribution in [0.15, 0.2) is 24.3 Å². The summed E-state index contributed by atoms with van der Waals surface area (Å²) >= 11 is 0. The minimum Gasteiger partial charge on any atom is -0.494 e. The molecule has 1 unspecified atom stereocenters. The molecular weight excluding hydrogens is 292 g/mol. The summed E-state index contributed by atoms with van der Waals surface area (Å²) in [6.45, 7) is 3.36. The SMILES string of the molecule is CC(=O)c1cccc(OCCCC(=O)N2CCCCC2CN)c1. The zero-order chi connectivity index (χ0) is 16.7. The van der Waals surface area contributed by atoms with Crippen LogP contribution in [0.25, 0.3) is 0 Å². The van der Waals surface area contributed by atoms with E-state index in [9.17, 15) is 9.59 Å². The first-order valence-electron chi connectivity index (χ1n) is 8.35. The molecule has 0 aliphatic carbocycles. The summed E-state index contributed by atoms with van der Waals surface area (Å²) in [6.07, 6.45) is 4.37. The van der Waals surface area contributed by atoms with Gasteiger partial charge in [-0.1, -0.05) is 12.1 Å². The Morgan fingerprint density at radius 3 is 2.91 bits per heavy atom. The molecule has 1 fully saturated rings. The number of Topliss-reactive ketones (excluding diaryl/α,β-unsaturated/α-hetero) is 1. The number of ether oxygens (including phenoxy) is 1. The van der Waals surface area contributed by atoms with E-state index in [0.717, 1.165) is 25.8 Å². The second kappa shape index (κ2) is 8.67. The molecule has 0 aromatic heterocycles. The number of rotatable bonds is 7. The number of ketones is 1. The molecule has 5 nitrogen and oxygen atoms in total. The highest BCUT2D eigenvalue weighted by atomic mass is 16.5. The van der Waals surface area contributed by atoms with E-state index in [1.165, 1.54) is 6.92 Å². The zero-order valence-electron chi connectivity index (χ0n) is 13.8. The normalized spacial score (nSPS) is 17.8. The Hall–Kier alpha value is -1.88. The van der Waals surface area contributed by atoms with Crippen LogP contribution in [-0.4, -0.2) is 42.3 Å². The van der Waals surface area contributed by atoms with Gasteiger partial charge in [-0.15, -0.1) is 0 Å². The number of amides is 1. The molecule has 0 spiro atoms. The van der Waals surface area contributed by atoms with E-state index >= 15 is 0 Å². The fourth-order valence-electron chi connectivity index (χ4n) is 2.94. The molecule has 1 aromatic rings. The van der Waals surface area contributed by atoms with Crippen molar-refractivity contribution < 1.29 is 14.3 Å². The van der Waals surface area contributed by atoms with E-state index < -0.39 is 0 Å². The third kappa shape index (κ3) is 5.06. The van der Waals surface area contributed by atoms with Crippen molar-refractivity contribution in [3.8, 4) is 5.75 Å². The third-order valence-corrected chi connectivity index (χ3v) is 4.26. The van der Waals surface area contributed by atoms with Crippen molar-refractivity contribution in [1.82, 2.24) is 4.90 Å². The van der Waals surface area contributed by atoms with Crippen molar-refractivity contribution in [3.05, 3.63) is 29.8 Å². The van der Waals surface area contributed by atoms with Gasteiger partial charge in [0, 0.05) is 31.1 Å². The molecule has 0 bridgehead atoms. The number of benzene rings is 1. The Labute approximate surface area is 137 Å². The smallest absolute Gasteiger partial charge is 0.222 e. The lowest BCUT2D eigenvalue weighted by atomic mass is 10.0. The zero-order valence-corrected chi connectivity index (χ0v) is 13.8. The average molecular weight is 318 g/mol. The van der Waals surface area contributed by atoms with Crippen LogP contribution in [0.4, 0.5) is 0 Å². The van der Waals surface area contributed by atoms with Crippen molar-refractivity contribution in [2.24, 2.45) is 5.73 Å². The minimum atomic E-state index is 0.0172. The van der Waals surface area contributed by atoms with Crippen molar-refractivity contribution >= 4 is 11.7 Å². The molecule has 2 rings (SSSR count). The Kier molecular flexibility index (Phi) is 6.59. The van der Waals surface area contributed by atoms with Crippen molar-refractivity contribution in [3.63, 3.8) is 0 Å². The van der Waals surface area contributed by atoms with Crippen LogP contribution in [0, 0.1) is 0 Å². The molecule has 126 valence electrons. The molecule has 5 heteroatoms. The molecule has 1 aliphatic rings. The number of carbonyl (C=O) groups is 2. The summed E-state index contributed by atoms with van der Waals surface area (Å²) in [5.41, 5.74) is 6.39. The van der Waals surface area contributed by atoms with Gasteiger partial charge in [0.1, 0.15) is 5.75 Å². The second-order valence-corrected chi connectivity index (χ2v) is 6.01. The van der Waals surface area contributed by atoms with Gasteiger partial charge in [0.25, 0.3) is 0 Å². The molecule has 0 radical (unpaired) electrons. The van der Waals surface area contributed by atoms with Crippen LogP contribution in [0.1, 0.15) is 49.4 Å². The fourth-order valence-corrected chi connectivity index (χ4v) is 2.94. The Morgan fingerprint density at radius 2 is 2.17 bits per heavy atom. The number of hydrogen-bond donors (Lipinski definition) is 1. The van der Waals surface area contributed by atoms with Crippen molar-refractivity contribution in [2.75, 3.05) is 19.7 Å². The van der Waals surface area contributed by atoms with Crippen LogP contribution in [-0.2, 0) is 4.79 Å². The molecule has 2 N–H and O–H groups in total. The standard InChI is InChI=1S/C18H26N2O3/c1-14(21)15-6-4-8-17(12-15)23-11-5-9-18(22)20-10-3-2-7-16(20)13-19/h4,6,8,12,16H,2-3,5,7,9-11,13,19H2,1H3. The van der Waals surface area contributed by atoms with Crippen LogP contribution in [0.3, 0.4) is 0 Å². The lowest BCUT2D eigenvalue weighted by Gasteiger charge is -2.35. The Bertz CT molecular complexity index is 545. The first-order chi connectivity index (χ1) is 11.1. The van der Waals surface area contributed by atoms with E-state index in [0.29, 0.717) is 37.3 Å². The average Bonchev–Trinajstić information content (AvgIpc) is 2.58. The van der Waals surface area contributed by atoms with Gasteiger partial charge in [0.05, 0.1) is 6.61 Å². The molecule has 1 amide bonds.